The van der Waals surface area contributed by atoms with Crippen molar-refractivity contribution in [3.05, 3.63) is 59.9 Å². The average Bonchev–Trinajstić information content (AvgIpc) is 2.49. The molecule has 0 unspecified atom stereocenters. The fourth-order valence-corrected chi connectivity index (χ4v) is 1.30. The predicted octanol–water partition coefficient (Wildman–Crippen LogP) is 2.21. The molecule has 1 aromatic heterocycles. The van der Waals surface area contributed by atoms with Crippen LogP contribution in [0.15, 0.2) is 48.8 Å². The van der Waals surface area contributed by atoms with Crippen LogP contribution in [-0.2, 0) is 0 Å². The lowest BCUT2D eigenvalue weighted by atomic mass is 10.1. The van der Waals surface area contributed by atoms with Crippen LogP contribution >= 0.6 is 0 Å². The molecule has 1 heterocycles. The largest absolute Gasteiger partial charge is 0.478 e. The number of hydrogen-bond donors (Lipinski definition) is 3. The van der Waals surface area contributed by atoms with Gasteiger partial charge in [0.25, 0.3) is 0 Å². The van der Waals surface area contributed by atoms with Gasteiger partial charge in [-0.2, -0.15) is 0 Å². The molecule has 0 spiro atoms. The van der Waals surface area contributed by atoms with Crippen LogP contribution in [0.1, 0.15) is 20.7 Å². The van der Waals surface area contributed by atoms with Crippen molar-refractivity contribution >= 4 is 17.6 Å². The Labute approximate surface area is 115 Å². The first-order valence-electron chi connectivity index (χ1n) is 5.69. The van der Waals surface area contributed by atoms with Gasteiger partial charge in [-0.1, -0.05) is 6.07 Å². The third-order valence-corrected chi connectivity index (χ3v) is 2.31. The van der Waals surface area contributed by atoms with E-state index in [-0.39, 0.29) is 11.1 Å². The van der Waals surface area contributed by atoms with Crippen molar-refractivity contribution in [2.24, 2.45) is 0 Å². The molecule has 0 amide bonds. The van der Waals surface area contributed by atoms with E-state index in [1.54, 1.807) is 12.4 Å². The van der Waals surface area contributed by atoms with Gasteiger partial charge >= 0.3 is 11.9 Å². The number of benzene rings is 1. The molecule has 2 aromatic rings. The molecule has 1 aromatic carbocycles. The summed E-state index contributed by atoms with van der Waals surface area (Å²) in [4.78, 5) is 24.7. The molecule has 0 aliphatic heterocycles. The molecule has 0 bridgehead atoms. The number of hydrogen-bond acceptors (Lipinski definition) is 4. The Kier molecular flexibility index (Phi) is 5.71. The van der Waals surface area contributed by atoms with Gasteiger partial charge in [-0.3, -0.25) is 4.98 Å². The second-order valence-electron chi connectivity index (χ2n) is 3.68. The van der Waals surface area contributed by atoms with E-state index in [1.165, 1.54) is 18.2 Å². The van der Waals surface area contributed by atoms with Crippen LogP contribution in [0.3, 0.4) is 0 Å². The molecule has 0 aliphatic carbocycles. The van der Waals surface area contributed by atoms with Crippen molar-refractivity contribution in [1.82, 2.24) is 4.98 Å². The summed E-state index contributed by atoms with van der Waals surface area (Å²) in [6.45, 7) is 0. The number of aromatic carboxylic acids is 2. The molecule has 0 fully saturated rings. The molecule has 0 aliphatic rings. The highest BCUT2D eigenvalue weighted by Gasteiger charge is 2.06. The molecule has 20 heavy (non-hydrogen) atoms. The van der Waals surface area contributed by atoms with Crippen LogP contribution in [0.5, 0.6) is 0 Å². The zero-order chi connectivity index (χ0) is 15.0. The molecule has 0 saturated carbocycles. The lowest BCUT2D eigenvalue weighted by Gasteiger charge is -1.95. The number of rotatable bonds is 3. The maximum Gasteiger partial charge on any atom is 0.335 e. The lowest BCUT2D eigenvalue weighted by molar-refractivity contribution is 0.0696. The van der Waals surface area contributed by atoms with Gasteiger partial charge in [0, 0.05) is 19.4 Å². The van der Waals surface area contributed by atoms with Gasteiger partial charge in [0.1, 0.15) is 0 Å². The lowest BCUT2D eigenvalue weighted by Crippen LogP contribution is -2.01. The molecule has 6 heteroatoms. The first kappa shape index (κ1) is 15.2. The minimum Gasteiger partial charge on any atom is -0.478 e. The van der Waals surface area contributed by atoms with Gasteiger partial charge in [0.05, 0.1) is 16.8 Å². The van der Waals surface area contributed by atoms with Crippen molar-refractivity contribution in [2.45, 2.75) is 0 Å². The summed E-state index contributed by atoms with van der Waals surface area (Å²) in [6, 6.07) is 9.06. The average molecular weight is 274 g/mol. The van der Waals surface area contributed by atoms with Crippen molar-refractivity contribution in [2.75, 3.05) is 12.4 Å². The Bertz CT molecular complexity index is 555. The zero-order valence-corrected chi connectivity index (χ0v) is 10.8. The third-order valence-electron chi connectivity index (χ3n) is 2.31. The molecule has 0 radical (unpaired) electrons. The summed E-state index contributed by atoms with van der Waals surface area (Å²) in [5.74, 6) is -2.25. The van der Waals surface area contributed by atoms with Gasteiger partial charge < -0.3 is 15.5 Å². The maximum atomic E-state index is 10.4. The molecule has 2 rings (SSSR count). The van der Waals surface area contributed by atoms with E-state index in [9.17, 15) is 9.59 Å². The highest BCUT2D eigenvalue weighted by Crippen LogP contribution is 2.04. The highest BCUT2D eigenvalue weighted by molar-refractivity contribution is 5.93. The Morgan fingerprint density at radius 3 is 2.00 bits per heavy atom. The monoisotopic (exact) mass is 274 g/mol. The van der Waals surface area contributed by atoms with E-state index in [1.807, 2.05) is 19.2 Å². The van der Waals surface area contributed by atoms with Gasteiger partial charge in [-0.15, -0.1) is 0 Å². The number of pyridine rings is 1. The second-order valence-corrected chi connectivity index (χ2v) is 3.68. The van der Waals surface area contributed by atoms with E-state index in [0.29, 0.717) is 0 Å². The number of carboxylic acid groups (broad SMARTS) is 2. The molecule has 0 atom stereocenters. The van der Waals surface area contributed by atoms with Crippen LogP contribution in [-0.4, -0.2) is 34.2 Å². The van der Waals surface area contributed by atoms with Crippen molar-refractivity contribution in [3.8, 4) is 0 Å². The standard InChI is InChI=1S/C8H6O4.C6H8N2/c9-7(10)5-2-1-3-6(4-5)8(11)12;1-7-6-3-2-4-8-5-6/h1-4H,(H,9,10)(H,11,12);2-5,7H,1H3. The Morgan fingerprint density at radius 2 is 1.65 bits per heavy atom. The summed E-state index contributed by atoms with van der Waals surface area (Å²) in [5.41, 5.74) is 1.01. The summed E-state index contributed by atoms with van der Waals surface area (Å²) >= 11 is 0. The fourth-order valence-electron chi connectivity index (χ4n) is 1.30. The van der Waals surface area contributed by atoms with Crippen molar-refractivity contribution in [1.29, 1.82) is 0 Å². The number of anilines is 1. The minimum absolute atomic E-state index is 0.0186. The fraction of sp³-hybridized carbons (Fsp3) is 0.0714. The Balaban J connectivity index is 0.000000217. The quantitative estimate of drug-likeness (QED) is 0.793. The van der Waals surface area contributed by atoms with Gasteiger partial charge in [-0.05, 0) is 30.3 Å². The SMILES string of the molecule is CNc1cccnc1.O=C(O)c1cccc(C(=O)O)c1. The summed E-state index contributed by atoms with van der Waals surface area (Å²) in [7, 11) is 1.87. The number of nitrogens with one attached hydrogen (secondary N) is 1. The van der Waals surface area contributed by atoms with Crippen LogP contribution < -0.4 is 5.32 Å². The zero-order valence-electron chi connectivity index (χ0n) is 10.8. The third kappa shape index (κ3) is 4.77. The summed E-state index contributed by atoms with van der Waals surface area (Å²) < 4.78 is 0. The Hall–Kier alpha value is -2.89. The summed E-state index contributed by atoms with van der Waals surface area (Å²) in [6.07, 6.45) is 3.53. The highest BCUT2D eigenvalue weighted by atomic mass is 16.4. The van der Waals surface area contributed by atoms with E-state index >= 15 is 0 Å². The maximum absolute atomic E-state index is 10.4. The molecule has 3 N–H and O–H groups in total. The molecule has 6 nitrogen and oxygen atoms in total. The molecule has 0 saturated heterocycles. The molecule has 104 valence electrons. The van der Waals surface area contributed by atoms with E-state index in [2.05, 4.69) is 10.3 Å². The number of carbonyl (C=O) groups is 2. The van der Waals surface area contributed by atoms with E-state index in [0.717, 1.165) is 11.8 Å². The minimum atomic E-state index is -1.13. The van der Waals surface area contributed by atoms with E-state index < -0.39 is 11.9 Å². The normalized spacial score (nSPS) is 9.05. The van der Waals surface area contributed by atoms with Crippen LogP contribution in [0, 0.1) is 0 Å². The van der Waals surface area contributed by atoms with Gasteiger partial charge in [0.2, 0.25) is 0 Å². The van der Waals surface area contributed by atoms with Gasteiger partial charge in [0.15, 0.2) is 0 Å². The van der Waals surface area contributed by atoms with Crippen molar-refractivity contribution < 1.29 is 19.8 Å². The summed E-state index contributed by atoms with van der Waals surface area (Å²) in [5, 5.41) is 20.0. The number of aromatic nitrogens is 1. The molecular formula is C14H14N2O4. The smallest absolute Gasteiger partial charge is 0.335 e. The second kappa shape index (κ2) is 7.52. The number of carboxylic acids is 2. The van der Waals surface area contributed by atoms with Crippen LogP contribution in [0.2, 0.25) is 0 Å². The van der Waals surface area contributed by atoms with Gasteiger partial charge in [-0.25, -0.2) is 9.59 Å². The Morgan fingerprint density at radius 1 is 1.05 bits per heavy atom. The topological polar surface area (TPSA) is 99.5 Å². The first-order valence-corrected chi connectivity index (χ1v) is 5.69. The van der Waals surface area contributed by atoms with Crippen molar-refractivity contribution in [3.63, 3.8) is 0 Å². The number of nitrogens with zero attached hydrogens (tertiary/aromatic N) is 1. The first-order chi connectivity index (χ1) is 9.54. The van der Waals surface area contributed by atoms with Crippen LogP contribution in [0.25, 0.3) is 0 Å². The molecular weight excluding hydrogens is 260 g/mol. The van der Waals surface area contributed by atoms with E-state index in [4.69, 9.17) is 10.2 Å². The predicted molar refractivity (Wildman–Crippen MR) is 74.1 cm³/mol. The van der Waals surface area contributed by atoms with Crippen LogP contribution in [0.4, 0.5) is 5.69 Å².